The van der Waals surface area contributed by atoms with Gasteiger partial charge in [-0.15, -0.1) is 5.10 Å². The van der Waals surface area contributed by atoms with Crippen molar-refractivity contribution in [1.82, 2.24) is 14.8 Å². The summed E-state index contributed by atoms with van der Waals surface area (Å²) in [5.74, 6) is -2.05. The van der Waals surface area contributed by atoms with Crippen LogP contribution in [0.3, 0.4) is 0 Å². The molecule has 0 radical (unpaired) electrons. The molecule has 1 aromatic carbocycles. The number of benzene rings is 1. The molecule has 2 aromatic rings. The highest BCUT2D eigenvalue weighted by Crippen LogP contribution is 2.29. The molecule has 0 atom stereocenters. The molecule has 0 bridgehead atoms. The summed E-state index contributed by atoms with van der Waals surface area (Å²) >= 11 is 0. The van der Waals surface area contributed by atoms with Crippen molar-refractivity contribution in [3.05, 3.63) is 46.0 Å². The zero-order valence-corrected chi connectivity index (χ0v) is 11.8. The third kappa shape index (κ3) is 3.47. The van der Waals surface area contributed by atoms with Gasteiger partial charge in [-0.1, -0.05) is 6.07 Å². The highest BCUT2D eigenvalue weighted by atomic mass is 19.4. The van der Waals surface area contributed by atoms with Crippen molar-refractivity contribution in [3.63, 3.8) is 0 Å². The van der Waals surface area contributed by atoms with E-state index in [9.17, 15) is 22.8 Å². The summed E-state index contributed by atoms with van der Waals surface area (Å²) in [6.07, 6.45) is -4.60. The molecule has 2 rings (SSSR count). The van der Waals surface area contributed by atoms with E-state index >= 15 is 0 Å². The van der Waals surface area contributed by atoms with Gasteiger partial charge in [-0.05, 0) is 25.1 Å². The van der Waals surface area contributed by atoms with Gasteiger partial charge in [0.2, 0.25) is 0 Å². The molecule has 1 aromatic heterocycles. The Bertz CT molecular complexity index is 802. The van der Waals surface area contributed by atoms with Crippen LogP contribution in [0, 0.1) is 0 Å². The third-order valence-corrected chi connectivity index (χ3v) is 2.71. The summed E-state index contributed by atoms with van der Waals surface area (Å²) in [5.41, 5.74) is 3.28. The van der Waals surface area contributed by atoms with Crippen molar-refractivity contribution in [2.45, 2.75) is 13.1 Å². The number of carbonyl (C=O) groups is 1. The molecule has 122 valence electrons. The van der Waals surface area contributed by atoms with Crippen LogP contribution in [0.5, 0.6) is 0 Å². The Hall–Kier alpha value is -2.91. The van der Waals surface area contributed by atoms with E-state index in [1.54, 1.807) is 6.92 Å². The lowest BCUT2D eigenvalue weighted by Gasteiger charge is -2.10. The minimum atomic E-state index is -4.60. The fourth-order valence-electron chi connectivity index (χ4n) is 1.70. The number of hydrogen-bond acceptors (Lipinski definition) is 6. The zero-order chi connectivity index (χ0) is 17.2. The third-order valence-electron chi connectivity index (χ3n) is 2.71. The van der Waals surface area contributed by atoms with Gasteiger partial charge in [0.25, 0.3) is 5.82 Å². The van der Waals surface area contributed by atoms with Crippen LogP contribution in [0.4, 0.5) is 19.0 Å². The van der Waals surface area contributed by atoms with Crippen molar-refractivity contribution < 1.29 is 22.7 Å². The zero-order valence-electron chi connectivity index (χ0n) is 11.8. The van der Waals surface area contributed by atoms with Crippen LogP contribution < -0.4 is 11.3 Å². The van der Waals surface area contributed by atoms with Gasteiger partial charge in [-0.3, -0.25) is 4.79 Å². The predicted octanol–water partition coefficient (Wildman–Crippen LogP) is 1.41. The van der Waals surface area contributed by atoms with E-state index in [1.807, 2.05) is 0 Å². The Morgan fingerprint density at radius 2 is 2.09 bits per heavy atom. The van der Waals surface area contributed by atoms with E-state index in [0.29, 0.717) is 10.7 Å². The van der Waals surface area contributed by atoms with Gasteiger partial charge in [0.15, 0.2) is 5.82 Å². The molecular formula is C13H11F3N4O3. The van der Waals surface area contributed by atoms with Crippen molar-refractivity contribution in [2.75, 3.05) is 12.3 Å². The number of rotatable bonds is 3. The van der Waals surface area contributed by atoms with Crippen LogP contribution in [-0.4, -0.2) is 27.3 Å². The van der Waals surface area contributed by atoms with Crippen molar-refractivity contribution in [2.24, 2.45) is 0 Å². The summed E-state index contributed by atoms with van der Waals surface area (Å²) in [6, 6.07) is 3.87. The minimum absolute atomic E-state index is 0.0325. The number of aromatic nitrogens is 3. The molecule has 0 spiro atoms. The summed E-state index contributed by atoms with van der Waals surface area (Å²) < 4.78 is 43.5. The smallest absolute Gasteiger partial charge is 0.416 e. The summed E-state index contributed by atoms with van der Waals surface area (Å²) in [7, 11) is 0. The van der Waals surface area contributed by atoms with Crippen LogP contribution in [-0.2, 0) is 10.9 Å². The molecule has 23 heavy (non-hydrogen) atoms. The summed E-state index contributed by atoms with van der Waals surface area (Å²) in [4.78, 5) is 27.0. The lowest BCUT2D eigenvalue weighted by atomic mass is 10.2. The molecule has 7 nitrogen and oxygen atoms in total. The van der Waals surface area contributed by atoms with Gasteiger partial charge in [0.05, 0.1) is 17.9 Å². The molecule has 0 aliphatic rings. The molecule has 0 aliphatic carbocycles. The number of ether oxygens (including phenoxy) is 1. The van der Waals surface area contributed by atoms with Gasteiger partial charge in [-0.2, -0.15) is 22.8 Å². The Labute approximate surface area is 127 Å². The van der Waals surface area contributed by atoms with Crippen LogP contribution >= 0.6 is 0 Å². The number of alkyl halides is 3. The number of nitrogens with zero attached hydrogens (tertiary/aromatic N) is 3. The Morgan fingerprint density at radius 3 is 2.70 bits per heavy atom. The standard InChI is InChI=1S/C13H11F3N4O3/c1-2-23-12(22)10-18-9(17)11(21)20(19-10)8-5-3-4-7(6-8)13(14,15)16/h3-6H,2H2,1H3,(H2,17,18,19). The summed E-state index contributed by atoms with van der Waals surface area (Å²) in [5, 5.41) is 3.62. The van der Waals surface area contributed by atoms with Crippen LogP contribution in [0.1, 0.15) is 23.1 Å². The molecule has 0 amide bonds. The maximum Gasteiger partial charge on any atom is 0.416 e. The predicted molar refractivity (Wildman–Crippen MR) is 73.0 cm³/mol. The molecule has 1 heterocycles. The second-order valence-corrected chi connectivity index (χ2v) is 4.31. The van der Waals surface area contributed by atoms with Crippen LogP contribution in [0.2, 0.25) is 0 Å². The monoisotopic (exact) mass is 328 g/mol. The SMILES string of the molecule is CCOC(=O)c1nc(N)c(=O)n(-c2cccc(C(F)(F)F)c2)n1. The first-order valence-corrected chi connectivity index (χ1v) is 6.35. The maximum absolute atomic E-state index is 12.8. The highest BCUT2D eigenvalue weighted by Gasteiger charge is 2.30. The molecular weight excluding hydrogens is 317 g/mol. The molecule has 0 fully saturated rings. The van der Waals surface area contributed by atoms with Crippen molar-refractivity contribution >= 4 is 11.8 Å². The minimum Gasteiger partial charge on any atom is -0.460 e. The van der Waals surface area contributed by atoms with Crippen LogP contribution in [0.15, 0.2) is 29.1 Å². The second kappa shape index (κ2) is 6.07. The Morgan fingerprint density at radius 1 is 1.39 bits per heavy atom. The lowest BCUT2D eigenvalue weighted by molar-refractivity contribution is -0.137. The van der Waals surface area contributed by atoms with Gasteiger partial charge in [0, 0.05) is 0 Å². The molecule has 0 saturated heterocycles. The van der Waals surface area contributed by atoms with E-state index in [1.165, 1.54) is 6.07 Å². The first-order valence-electron chi connectivity index (χ1n) is 6.35. The topological polar surface area (TPSA) is 100 Å². The van der Waals surface area contributed by atoms with E-state index in [0.717, 1.165) is 12.1 Å². The van der Waals surface area contributed by atoms with Gasteiger partial charge < -0.3 is 10.5 Å². The summed E-state index contributed by atoms with van der Waals surface area (Å²) in [6.45, 7) is 1.58. The Balaban J connectivity index is 2.59. The van der Waals surface area contributed by atoms with Gasteiger partial charge in [0.1, 0.15) is 0 Å². The van der Waals surface area contributed by atoms with Gasteiger partial charge in [-0.25, -0.2) is 4.79 Å². The maximum atomic E-state index is 12.8. The number of hydrogen-bond donors (Lipinski definition) is 1. The molecule has 0 unspecified atom stereocenters. The number of halogens is 3. The fraction of sp³-hybridized carbons (Fsp3) is 0.231. The number of nitrogens with two attached hydrogens (primary N) is 1. The van der Waals surface area contributed by atoms with Gasteiger partial charge >= 0.3 is 17.7 Å². The molecule has 0 aliphatic heterocycles. The van der Waals surface area contributed by atoms with E-state index in [4.69, 9.17) is 5.73 Å². The largest absolute Gasteiger partial charge is 0.460 e. The average molecular weight is 328 g/mol. The number of anilines is 1. The average Bonchev–Trinajstić information content (AvgIpc) is 2.49. The van der Waals surface area contributed by atoms with Crippen molar-refractivity contribution in [3.8, 4) is 5.69 Å². The molecule has 10 heteroatoms. The quantitative estimate of drug-likeness (QED) is 0.855. The normalized spacial score (nSPS) is 11.3. The molecule has 0 saturated carbocycles. The number of esters is 1. The first kappa shape index (κ1) is 16.5. The van der Waals surface area contributed by atoms with E-state index in [2.05, 4.69) is 14.8 Å². The Kier molecular flexibility index (Phi) is 4.34. The first-order chi connectivity index (χ1) is 10.7. The molecule has 2 N–H and O–H groups in total. The lowest BCUT2D eigenvalue weighted by Crippen LogP contribution is -2.29. The fourth-order valence-corrected chi connectivity index (χ4v) is 1.70. The van der Waals surface area contributed by atoms with E-state index in [-0.39, 0.29) is 12.3 Å². The second-order valence-electron chi connectivity index (χ2n) is 4.31. The number of carbonyl (C=O) groups excluding carboxylic acids is 1. The van der Waals surface area contributed by atoms with Crippen LogP contribution in [0.25, 0.3) is 5.69 Å². The van der Waals surface area contributed by atoms with E-state index < -0.39 is 34.9 Å². The number of nitrogen functional groups attached to an aromatic ring is 1. The van der Waals surface area contributed by atoms with Crippen molar-refractivity contribution in [1.29, 1.82) is 0 Å². The highest BCUT2D eigenvalue weighted by molar-refractivity contribution is 5.85.